The third kappa shape index (κ3) is 6.19. The van der Waals surface area contributed by atoms with Gasteiger partial charge >= 0.3 is 12.3 Å². The Hall–Kier alpha value is -3.10. The van der Waals surface area contributed by atoms with Crippen LogP contribution >= 0.6 is 0 Å². The van der Waals surface area contributed by atoms with E-state index < -0.39 is 23.4 Å². The maximum atomic E-state index is 13.7. The van der Waals surface area contributed by atoms with Crippen LogP contribution in [0.15, 0.2) is 42.5 Å². The fourth-order valence-corrected chi connectivity index (χ4v) is 3.10. The molecule has 1 aromatic heterocycles. The lowest BCUT2D eigenvalue weighted by Crippen LogP contribution is -2.39. The monoisotopic (exact) mass is 434 g/mol. The van der Waals surface area contributed by atoms with Gasteiger partial charge in [0.15, 0.2) is 0 Å². The largest absolute Gasteiger partial charge is 0.444 e. The Morgan fingerprint density at radius 3 is 2.45 bits per heavy atom. The first-order valence-electron chi connectivity index (χ1n) is 9.93. The molecule has 0 aliphatic carbocycles. The zero-order valence-electron chi connectivity index (χ0n) is 17.7. The maximum Gasteiger partial charge on any atom is 0.418 e. The van der Waals surface area contributed by atoms with E-state index in [0.717, 1.165) is 11.6 Å². The molecule has 0 spiro atoms. The summed E-state index contributed by atoms with van der Waals surface area (Å²) in [6, 6.07) is 10.3. The number of carbonyl (C=O) groups excluding carboxylic acids is 1. The van der Waals surface area contributed by atoms with Crippen molar-refractivity contribution in [2.75, 3.05) is 18.4 Å². The fraction of sp³-hybridized carbons (Fsp3) is 0.409. The van der Waals surface area contributed by atoms with Gasteiger partial charge in [-0.25, -0.2) is 4.79 Å². The summed E-state index contributed by atoms with van der Waals surface area (Å²) in [5.74, 6) is 0.0479. The van der Waals surface area contributed by atoms with Gasteiger partial charge in [0.2, 0.25) is 0 Å². The molecule has 1 amide bonds. The smallest absolute Gasteiger partial charge is 0.418 e. The highest BCUT2D eigenvalue weighted by Crippen LogP contribution is 2.36. The van der Waals surface area contributed by atoms with Crippen molar-refractivity contribution in [2.24, 2.45) is 0 Å². The van der Waals surface area contributed by atoms with E-state index in [0.29, 0.717) is 12.1 Å². The number of nitrogens with zero attached hydrogens (tertiary/aromatic N) is 3. The van der Waals surface area contributed by atoms with E-state index >= 15 is 0 Å². The molecule has 2 heterocycles. The molecule has 6 nitrogen and oxygen atoms in total. The third-order valence-corrected chi connectivity index (χ3v) is 4.58. The van der Waals surface area contributed by atoms with Gasteiger partial charge in [0, 0.05) is 19.6 Å². The van der Waals surface area contributed by atoms with E-state index in [2.05, 4.69) is 15.5 Å². The van der Waals surface area contributed by atoms with Crippen molar-refractivity contribution < 1.29 is 22.7 Å². The number of halogens is 3. The normalized spacial score (nSPS) is 14.8. The number of hydrogen-bond acceptors (Lipinski definition) is 5. The molecule has 31 heavy (non-hydrogen) atoms. The summed E-state index contributed by atoms with van der Waals surface area (Å²) in [5.41, 5.74) is -0.372. The van der Waals surface area contributed by atoms with E-state index in [4.69, 9.17) is 4.74 Å². The average molecular weight is 434 g/mol. The van der Waals surface area contributed by atoms with Crippen molar-refractivity contribution in [2.45, 2.75) is 45.5 Å². The van der Waals surface area contributed by atoms with Crippen LogP contribution in [0.3, 0.4) is 0 Å². The van der Waals surface area contributed by atoms with Crippen LogP contribution in [0.4, 0.5) is 23.8 Å². The molecule has 0 saturated heterocycles. The number of aromatic nitrogens is 2. The van der Waals surface area contributed by atoms with Crippen molar-refractivity contribution in [1.82, 2.24) is 15.1 Å². The van der Waals surface area contributed by atoms with Crippen molar-refractivity contribution in [1.29, 1.82) is 0 Å². The first-order chi connectivity index (χ1) is 14.5. The van der Waals surface area contributed by atoms with Gasteiger partial charge in [-0.05, 0) is 44.4 Å². The maximum absolute atomic E-state index is 13.7. The summed E-state index contributed by atoms with van der Waals surface area (Å²) in [6.07, 6.45) is -3.28. The molecule has 0 fully saturated rings. The van der Waals surface area contributed by atoms with Gasteiger partial charge in [-0.2, -0.15) is 13.2 Å². The average Bonchev–Trinajstić information content (AvgIpc) is 2.71. The number of nitrogens with one attached hydrogen (secondary N) is 1. The van der Waals surface area contributed by atoms with Gasteiger partial charge in [-0.15, -0.1) is 10.2 Å². The summed E-state index contributed by atoms with van der Waals surface area (Å²) in [7, 11) is 0. The van der Waals surface area contributed by atoms with E-state index in [9.17, 15) is 18.0 Å². The molecule has 166 valence electrons. The number of rotatable bonds is 4. The van der Waals surface area contributed by atoms with Gasteiger partial charge in [0.05, 0.1) is 5.56 Å². The molecule has 0 saturated carbocycles. The molecule has 1 aromatic carbocycles. The molecule has 0 bridgehead atoms. The molecule has 9 heteroatoms. The second kappa shape index (κ2) is 8.95. The predicted octanol–water partition coefficient (Wildman–Crippen LogP) is 5.13. The topological polar surface area (TPSA) is 67.3 Å². The molecule has 0 unspecified atom stereocenters. The standard InChI is InChI=1S/C22H25F3N4O2/c1-21(2,3)31-20(30)29-11-9-16(10-12-29)19-17(22(23,24)25)13-18(27-28-19)26-14-15-7-5-4-6-8-15/h4-9,13H,10-12,14H2,1-3H3,(H,26,27). The minimum absolute atomic E-state index is 0.0479. The molecule has 1 aliphatic rings. The third-order valence-electron chi connectivity index (χ3n) is 4.58. The Balaban J connectivity index is 1.77. The molecule has 1 N–H and O–H groups in total. The molecule has 3 rings (SSSR count). The molecule has 0 radical (unpaired) electrons. The summed E-state index contributed by atoms with van der Waals surface area (Å²) in [4.78, 5) is 13.6. The highest BCUT2D eigenvalue weighted by Gasteiger charge is 2.36. The van der Waals surface area contributed by atoms with Crippen LogP contribution in [0.1, 0.15) is 44.0 Å². The molecule has 1 aliphatic heterocycles. The first-order valence-corrected chi connectivity index (χ1v) is 9.93. The zero-order valence-corrected chi connectivity index (χ0v) is 17.7. The summed E-state index contributed by atoms with van der Waals surface area (Å²) in [6.45, 7) is 6.00. The van der Waals surface area contributed by atoms with Gasteiger partial charge in [-0.3, -0.25) is 0 Å². The fourth-order valence-electron chi connectivity index (χ4n) is 3.10. The molecular weight excluding hydrogens is 409 g/mol. The summed E-state index contributed by atoms with van der Waals surface area (Å²) < 4.78 is 46.5. The van der Waals surface area contributed by atoms with Gasteiger partial charge < -0.3 is 15.0 Å². The lowest BCUT2D eigenvalue weighted by molar-refractivity contribution is -0.138. The summed E-state index contributed by atoms with van der Waals surface area (Å²) >= 11 is 0. The second-order valence-electron chi connectivity index (χ2n) is 8.23. The van der Waals surface area contributed by atoms with Crippen molar-refractivity contribution >= 4 is 17.5 Å². The predicted molar refractivity (Wildman–Crippen MR) is 111 cm³/mol. The van der Waals surface area contributed by atoms with Gasteiger partial charge in [0.25, 0.3) is 0 Å². The highest BCUT2D eigenvalue weighted by atomic mass is 19.4. The number of benzene rings is 1. The summed E-state index contributed by atoms with van der Waals surface area (Å²) in [5, 5.41) is 10.7. The first kappa shape index (κ1) is 22.6. The highest BCUT2D eigenvalue weighted by molar-refractivity contribution is 5.73. The lowest BCUT2D eigenvalue weighted by Gasteiger charge is -2.29. The van der Waals surface area contributed by atoms with Crippen LogP contribution in [-0.2, 0) is 17.5 Å². The lowest BCUT2D eigenvalue weighted by atomic mass is 10.0. The number of hydrogen-bond donors (Lipinski definition) is 1. The van der Waals surface area contributed by atoms with Crippen LogP contribution < -0.4 is 5.32 Å². The Kier molecular flexibility index (Phi) is 6.52. The van der Waals surface area contributed by atoms with Crippen LogP contribution in [0.5, 0.6) is 0 Å². The molecular formula is C22H25F3N4O2. The Morgan fingerprint density at radius 1 is 1.16 bits per heavy atom. The van der Waals surface area contributed by atoms with E-state index in [1.165, 1.54) is 4.90 Å². The molecule has 2 aromatic rings. The van der Waals surface area contributed by atoms with Crippen molar-refractivity contribution in [3.05, 3.63) is 59.3 Å². The number of amides is 1. The van der Waals surface area contributed by atoms with E-state index in [1.807, 2.05) is 30.3 Å². The van der Waals surface area contributed by atoms with E-state index in [-0.39, 0.29) is 31.0 Å². The van der Waals surface area contributed by atoms with Crippen LogP contribution in [0.2, 0.25) is 0 Å². The minimum Gasteiger partial charge on any atom is -0.444 e. The minimum atomic E-state index is -4.59. The van der Waals surface area contributed by atoms with Crippen molar-refractivity contribution in [3.63, 3.8) is 0 Å². The Labute approximate surface area is 179 Å². The molecule has 0 atom stereocenters. The van der Waals surface area contributed by atoms with Gasteiger partial charge in [0.1, 0.15) is 17.1 Å². The number of anilines is 1. The second-order valence-corrected chi connectivity index (χ2v) is 8.23. The van der Waals surface area contributed by atoms with Crippen LogP contribution in [0.25, 0.3) is 5.57 Å². The van der Waals surface area contributed by atoms with Crippen LogP contribution in [-0.4, -0.2) is 39.9 Å². The Bertz CT molecular complexity index is 953. The van der Waals surface area contributed by atoms with E-state index in [1.54, 1.807) is 26.8 Å². The number of carbonyl (C=O) groups is 1. The zero-order chi connectivity index (χ0) is 22.6. The van der Waals surface area contributed by atoms with Crippen LogP contribution in [0, 0.1) is 0 Å². The Morgan fingerprint density at radius 2 is 1.87 bits per heavy atom. The quantitative estimate of drug-likeness (QED) is 0.723. The number of ether oxygens (including phenoxy) is 1. The number of alkyl halides is 3. The van der Waals surface area contributed by atoms with Crippen molar-refractivity contribution in [3.8, 4) is 0 Å². The van der Waals surface area contributed by atoms with Gasteiger partial charge in [-0.1, -0.05) is 36.4 Å². The SMILES string of the molecule is CC(C)(C)OC(=O)N1CC=C(c2nnc(NCc3ccccc3)cc2C(F)(F)F)CC1.